The minimum atomic E-state index is -4.27. The Labute approximate surface area is 242 Å². The van der Waals surface area contributed by atoms with Gasteiger partial charge in [-0.25, -0.2) is 25.3 Å². The highest BCUT2D eigenvalue weighted by atomic mass is 35.7. The molecule has 1 saturated heterocycles. The highest BCUT2D eigenvalue weighted by Gasteiger charge is 2.32. The van der Waals surface area contributed by atoms with Crippen molar-refractivity contribution in [3.05, 3.63) is 42.5 Å². The summed E-state index contributed by atoms with van der Waals surface area (Å²) in [6.07, 6.45) is 2.27. The van der Waals surface area contributed by atoms with Gasteiger partial charge in [-0.05, 0) is 43.2 Å². The van der Waals surface area contributed by atoms with Crippen LogP contribution in [0.15, 0.2) is 62.5 Å². The zero-order valence-electron chi connectivity index (χ0n) is 21.9. The van der Waals surface area contributed by atoms with Gasteiger partial charge in [-0.2, -0.15) is 9.42 Å². The number of halogens is 1. The molecule has 0 saturated carbocycles. The number of ether oxygens (including phenoxy) is 2. The maximum absolute atomic E-state index is 13.4. The Bertz CT molecular complexity index is 1820. The third-order valence-electron chi connectivity index (χ3n) is 6.06. The van der Waals surface area contributed by atoms with Gasteiger partial charge in [0, 0.05) is 41.7 Å². The molecule has 222 valence electrons. The Balaban J connectivity index is 1.90. The Kier molecular flexibility index (Phi) is 9.10. The summed E-state index contributed by atoms with van der Waals surface area (Å²) in [5.41, 5.74) is -0.0645. The lowest BCUT2D eigenvalue weighted by atomic mass is 10.1. The van der Waals surface area contributed by atoms with Gasteiger partial charge >= 0.3 is 0 Å². The first-order valence-electron chi connectivity index (χ1n) is 12.1. The Morgan fingerprint density at radius 2 is 1.68 bits per heavy atom. The molecule has 3 aromatic rings. The smallest absolute Gasteiger partial charge is 0.265 e. The van der Waals surface area contributed by atoms with Crippen molar-refractivity contribution in [1.82, 2.24) is 4.31 Å². The number of azo groups is 1. The largest absolute Gasteiger partial charge is 0.506 e. The molecule has 3 aromatic carbocycles. The van der Waals surface area contributed by atoms with Gasteiger partial charge in [0.15, 0.2) is 0 Å². The normalized spacial score (nSPS) is 15.1. The molecule has 17 heteroatoms. The second-order valence-corrected chi connectivity index (χ2v) is 15.3. The molecule has 4 rings (SSSR count). The van der Waals surface area contributed by atoms with E-state index in [1.165, 1.54) is 41.7 Å². The number of nitrogens with zero attached hydrogens (tertiary/aromatic N) is 3. The average Bonchev–Trinajstić information content (AvgIpc) is 3.44. The third-order valence-corrected chi connectivity index (χ3v) is 9.91. The summed E-state index contributed by atoms with van der Waals surface area (Å²) >= 11 is 0. The van der Waals surface area contributed by atoms with E-state index in [1.54, 1.807) is 0 Å². The summed E-state index contributed by atoms with van der Waals surface area (Å²) in [6, 6.07) is 9.23. The van der Waals surface area contributed by atoms with Crippen LogP contribution in [0.3, 0.4) is 0 Å². The number of methoxy groups -OCH3 is 1. The standard InChI is InChI=1S/C24H27ClN4O9S3/c1-37-12-13-38-20-9-8-16(14-21(20)40(25,33)34)26-27-19-15-22(41(35,36)29-10-3-4-11-29)24(30)17-6-5-7-18(23(17)19)28-39(2,31)32/h5-9,14-15,28,30H,3-4,10-13H2,1-2H3. The molecular weight excluding hydrogens is 620 g/mol. The van der Waals surface area contributed by atoms with Gasteiger partial charge in [0.25, 0.3) is 9.05 Å². The van der Waals surface area contributed by atoms with E-state index in [0.717, 1.165) is 18.4 Å². The molecule has 41 heavy (non-hydrogen) atoms. The molecule has 13 nitrogen and oxygen atoms in total. The van der Waals surface area contributed by atoms with Crippen molar-refractivity contribution < 1.29 is 39.8 Å². The monoisotopic (exact) mass is 646 g/mol. The van der Waals surface area contributed by atoms with Crippen LogP contribution in [0.5, 0.6) is 11.5 Å². The second kappa shape index (κ2) is 12.1. The number of hydrogen-bond acceptors (Lipinski definition) is 11. The van der Waals surface area contributed by atoms with Crippen molar-refractivity contribution in [2.75, 3.05) is 44.4 Å². The molecule has 2 N–H and O–H groups in total. The highest BCUT2D eigenvalue weighted by molar-refractivity contribution is 8.13. The fourth-order valence-electron chi connectivity index (χ4n) is 4.27. The van der Waals surface area contributed by atoms with E-state index < -0.39 is 39.7 Å². The first-order chi connectivity index (χ1) is 19.2. The molecule has 0 atom stereocenters. The van der Waals surface area contributed by atoms with Crippen molar-refractivity contribution in [1.29, 1.82) is 0 Å². The summed E-state index contributed by atoms with van der Waals surface area (Å²) in [6.45, 7) is 0.811. The quantitative estimate of drug-likeness (QED) is 0.176. The molecule has 0 aliphatic carbocycles. The van der Waals surface area contributed by atoms with Crippen LogP contribution in [0, 0.1) is 0 Å². The van der Waals surface area contributed by atoms with E-state index in [4.69, 9.17) is 20.2 Å². The highest BCUT2D eigenvalue weighted by Crippen LogP contribution is 2.44. The molecule has 0 amide bonds. The van der Waals surface area contributed by atoms with E-state index in [-0.39, 0.29) is 64.8 Å². The van der Waals surface area contributed by atoms with Crippen LogP contribution in [-0.2, 0) is 33.8 Å². The average molecular weight is 647 g/mol. The number of phenols is 1. The lowest BCUT2D eigenvalue weighted by molar-refractivity contribution is 0.144. The maximum atomic E-state index is 13.4. The van der Waals surface area contributed by atoms with E-state index in [0.29, 0.717) is 12.8 Å². The summed E-state index contributed by atoms with van der Waals surface area (Å²) in [5.74, 6) is -0.610. The van der Waals surface area contributed by atoms with Gasteiger partial charge in [-0.15, -0.1) is 5.11 Å². The van der Waals surface area contributed by atoms with Crippen LogP contribution in [0.1, 0.15) is 12.8 Å². The minimum Gasteiger partial charge on any atom is -0.506 e. The van der Waals surface area contributed by atoms with Crippen LogP contribution in [0.4, 0.5) is 17.1 Å². The van der Waals surface area contributed by atoms with Gasteiger partial charge in [0.1, 0.15) is 27.9 Å². The topological polar surface area (TPSA) is 181 Å². The van der Waals surface area contributed by atoms with Crippen LogP contribution in [0.2, 0.25) is 0 Å². The molecular formula is C24H27ClN4O9S3. The third kappa shape index (κ3) is 7.07. The van der Waals surface area contributed by atoms with Gasteiger partial charge in [-0.1, -0.05) is 12.1 Å². The van der Waals surface area contributed by atoms with Crippen molar-refractivity contribution in [3.8, 4) is 11.5 Å². The minimum absolute atomic E-state index is 0.0128. The molecule has 0 aromatic heterocycles. The number of aromatic hydroxyl groups is 1. The molecule has 0 spiro atoms. The van der Waals surface area contributed by atoms with E-state index in [2.05, 4.69) is 15.0 Å². The summed E-state index contributed by atoms with van der Waals surface area (Å²) in [5, 5.41) is 19.4. The Morgan fingerprint density at radius 3 is 2.32 bits per heavy atom. The predicted molar refractivity (Wildman–Crippen MR) is 153 cm³/mol. The van der Waals surface area contributed by atoms with Gasteiger partial charge in [0.05, 0.1) is 29.9 Å². The number of fused-ring (bicyclic) bond motifs is 1. The second-order valence-electron chi connectivity index (χ2n) is 9.07. The van der Waals surface area contributed by atoms with E-state index in [9.17, 15) is 30.4 Å². The van der Waals surface area contributed by atoms with Crippen LogP contribution >= 0.6 is 10.7 Å². The van der Waals surface area contributed by atoms with E-state index in [1.807, 2.05) is 0 Å². The Morgan fingerprint density at radius 1 is 0.976 bits per heavy atom. The fraction of sp³-hybridized carbons (Fsp3) is 0.333. The summed E-state index contributed by atoms with van der Waals surface area (Å²) in [4.78, 5) is -0.803. The lowest BCUT2D eigenvalue weighted by Gasteiger charge is -2.19. The molecule has 1 aliphatic rings. The number of hydrogen-bond donors (Lipinski definition) is 2. The zero-order valence-corrected chi connectivity index (χ0v) is 25.1. The lowest BCUT2D eigenvalue weighted by Crippen LogP contribution is -2.27. The van der Waals surface area contributed by atoms with E-state index >= 15 is 0 Å². The van der Waals surface area contributed by atoms with Crippen molar-refractivity contribution in [2.24, 2.45) is 10.2 Å². The SMILES string of the molecule is COCCOc1ccc(N=Nc2cc(S(=O)(=O)N3CCCC3)c(O)c3cccc(NS(C)(=O)=O)c23)cc1S(=O)(=O)Cl. The van der Waals surface area contributed by atoms with Gasteiger partial charge in [0.2, 0.25) is 20.0 Å². The number of nitrogens with one attached hydrogen (secondary N) is 1. The molecule has 0 unspecified atom stereocenters. The molecule has 1 aliphatic heterocycles. The Hall–Kier alpha value is -3.02. The summed E-state index contributed by atoms with van der Waals surface area (Å²) < 4.78 is 89.3. The number of sulfonamides is 2. The summed E-state index contributed by atoms with van der Waals surface area (Å²) in [7, 11) is -5.14. The maximum Gasteiger partial charge on any atom is 0.265 e. The van der Waals surface area contributed by atoms with Gasteiger partial charge in [-0.3, -0.25) is 4.72 Å². The molecule has 0 bridgehead atoms. The number of anilines is 1. The van der Waals surface area contributed by atoms with Crippen molar-refractivity contribution in [3.63, 3.8) is 0 Å². The van der Waals surface area contributed by atoms with Crippen molar-refractivity contribution in [2.45, 2.75) is 22.6 Å². The van der Waals surface area contributed by atoms with Crippen LogP contribution in [-0.4, -0.2) is 74.3 Å². The first kappa shape index (κ1) is 30.9. The molecule has 1 heterocycles. The number of benzene rings is 3. The fourth-order valence-corrected chi connectivity index (χ4v) is 7.46. The van der Waals surface area contributed by atoms with Crippen LogP contribution in [0.25, 0.3) is 10.8 Å². The van der Waals surface area contributed by atoms with Crippen molar-refractivity contribution >= 4 is 67.6 Å². The predicted octanol–water partition coefficient (Wildman–Crippen LogP) is 4.07. The zero-order chi connectivity index (χ0) is 30.0. The first-order valence-corrected chi connectivity index (χ1v) is 17.8. The van der Waals surface area contributed by atoms with Gasteiger partial charge < -0.3 is 14.6 Å². The number of phenolic OH excluding ortho intramolecular Hbond substituents is 1. The molecule has 0 radical (unpaired) electrons. The molecule has 1 fully saturated rings. The van der Waals surface area contributed by atoms with Crippen LogP contribution < -0.4 is 9.46 Å². The number of rotatable bonds is 11.